The van der Waals surface area contributed by atoms with Gasteiger partial charge in [0.05, 0.1) is 6.61 Å². The SMILES string of the molecule is CCOCc1c(C(=O)O[C@@H](C(=O)NC(N)=O)C(C)C)oc2ccccc12. The van der Waals surface area contributed by atoms with Crippen molar-refractivity contribution in [2.45, 2.75) is 33.5 Å². The standard InChI is InChI=1S/C18H22N2O6/c1-4-24-9-12-11-7-5-6-8-13(11)25-15(12)17(22)26-14(10(2)3)16(21)20-18(19)23/h5-8,10,14H,4,9H2,1-3H3,(H3,19,20,21,23)/t14-/m1/s1. The number of hydrogen-bond acceptors (Lipinski definition) is 6. The van der Waals surface area contributed by atoms with Gasteiger partial charge in [-0.2, -0.15) is 0 Å². The molecular formula is C18H22N2O6. The normalized spacial score (nSPS) is 12.2. The summed E-state index contributed by atoms with van der Waals surface area (Å²) in [5.74, 6) is -2.01. The van der Waals surface area contributed by atoms with Crippen molar-refractivity contribution in [2.24, 2.45) is 11.7 Å². The fourth-order valence-electron chi connectivity index (χ4n) is 2.46. The van der Waals surface area contributed by atoms with Crippen LogP contribution >= 0.6 is 0 Å². The van der Waals surface area contributed by atoms with Gasteiger partial charge in [-0.05, 0) is 18.9 Å². The Morgan fingerprint density at radius 2 is 1.92 bits per heavy atom. The summed E-state index contributed by atoms with van der Waals surface area (Å²) in [6.07, 6.45) is -1.19. The number of furan rings is 1. The first-order valence-electron chi connectivity index (χ1n) is 8.24. The Kier molecular flexibility index (Phi) is 6.35. The fourth-order valence-corrected chi connectivity index (χ4v) is 2.46. The minimum atomic E-state index is -1.19. The van der Waals surface area contributed by atoms with Gasteiger partial charge in [-0.3, -0.25) is 10.1 Å². The molecule has 0 saturated heterocycles. The number of primary amides is 1. The molecule has 0 saturated carbocycles. The number of amides is 3. The maximum absolute atomic E-state index is 12.6. The van der Waals surface area contributed by atoms with Crippen molar-refractivity contribution in [1.82, 2.24) is 5.32 Å². The third kappa shape index (κ3) is 4.40. The van der Waals surface area contributed by atoms with Gasteiger partial charge in [0.25, 0.3) is 5.91 Å². The Morgan fingerprint density at radius 1 is 1.23 bits per heavy atom. The van der Waals surface area contributed by atoms with Crippen LogP contribution in [-0.4, -0.2) is 30.6 Å². The minimum absolute atomic E-state index is 0.0304. The number of benzene rings is 1. The molecule has 2 aromatic rings. The minimum Gasteiger partial charge on any atom is -0.449 e. The maximum Gasteiger partial charge on any atom is 0.375 e. The monoisotopic (exact) mass is 362 g/mol. The Hall–Kier alpha value is -2.87. The molecular weight excluding hydrogens is 340 g/mol. The van der Waals surface area contributed by atoms with E-state index in [1.165, 1.54) is 0 Å². The molecule has 0 aliphatic rings. The van der Waals surface area contributed by atoms with Crippen molar-refractivity contribution in [3.8, 4) is 0 Å². The second-order valence-corrected chi connectivity index (χ2v) is 5.97. The molecule has 3 N–H and O–H groups in total. The lowest BCUT2D eigenvalue weighted by molar-refractivity contribution is -0.131. The molecule has 0 unspecified atom stereocenters. The summed E-state index contributed by atoms with van der Waals surface area (Å²) in [6, 6.07) is 6.12. The van der Waals surface area contributed by atoms with Crippen LogP contribution < -0.4 is 11.1 Å². The molecule has 0 aliphatic heterocycles. The first-order valence-corrected chi connectivity index (χ1v) is 8.24. The molecule has 1 aromatic heterocycles. The molecule has 8 nitrogen and oxygen atoms in total. The average Bonchev–Trinajstić information content (AvgIpc) is 2.95. The van der Waals surface area contributed by atoms with E-state index < -0.39 is 24.0 Å². The molecule has 0 bridgehead atoms. The third-order valence-electron chi connectivity index (χ3n) is 3.68. The Bertz CT molecular complexity index is 811. The number of para-hydroxylation sites is 1. The summed E-state index contributed by atoms with van der Waals surface area (Å²) >= 11 is 0. The highest BCUT2D eigenvalue weighted by Crippen LogP contribution is 2.28. The van der Waals surface area contributed by atoms with Gasteiger partial charge in [0.15, 0.2) is 6.10 Å². The lowest BCUT2D eigenvalue weighted by atomic mass is 10.1. The van der Waals surface area contributed by atoms with Crippen LogP contribution in [0.15, 0.2) is 28.7 Å². The molecule has 3 amide bonds. The number of carbonyl (C=O) groups excluding carboxylic acids is 3. The highest BCUT2D eigenvalue weighted by molar-refractivity contribution is 6.00. The zero-order valence-corrected chi connectivity index (χ0v) is 14.9. The highest BCUT2D eigenvalue weighted by Gasteiger charge is 2.31. The van der Waals surface area contributed by atoms with Crippen molar-refractivity contribution < 1.29 is 28.3 Å². The summed E-state index contributed by atoms with van der Waals surface area (Å²) in [4.78, 5) is 35.6. The number of carbonyl (C=O) groups is 3. The number of urea groups is 1. The van der Waals surface area contributed by atoms with E-state index in [4.69, 9.17) is 19.6 Å². The van der Waals surface area contributed by atoms with E-state index in [1.54, 1.807) is 26.0 Å². The molecule has 1 aromatic carbocycles. The maximum atomic E-state index is 12.6. The van der Waals surface area contributed by atoms with Crippen LogP contribution in [0.25, 0.3) is 11.0 Å². The van der Waals surface area contributed by atoms with Crippen LogP contribution in [-0.2, 0) is 20.9 Å². The van der Waals surface area contributed by atoms with Gasteiger partial charge in [0, 0.05) is 17.6 Å². The van der Waals surface area contributed by atoms with Crippen LogP contribution in [0.4, 0.5) is 4.79 Å². The lowest BCUT2D eigenvalue weighted by Crippen LogP contribution is -2.45. The first kappa shape index (κ1) is 19.5. The fraction of sp³-hybridized carbons (Fsp3) is 0.389. The Balaban J connectivity index is 2.32. The average molecular weight is 362 g/mol. The van der Waals surface area contributed by atoms with E-state index in [1.807, 2.05) is 24.4 Å². The largest absolute Gasteiger partial charge is 0.449 e. The summed E-state index contributed by atoms with van der Waals surface area (Å²) < 4.78 is 16.3. The summed E-state index contributed by atoms with van der Waals surface area (Å²) in [6.45, 7) is 5.82. The molecule has 1 heterocycles. The van der Waals surface area contributed by atoms with E-state index in [0.717, 1.165) is 5.39 Å². The topological polar surface area (TPSA) is 121 Å². The van der Waals surface area contributed by atoms with Gasteiger partial charge in [-0.1, -0.05) is 32.0 Å². The van der Waals surface area contributed by atoms with Gasteiger partial charge >= 0.3 is 12.0 Å². The first-order chi connectivity index (χ1) is 12.3. The molecule has 26 heavy (non-hydrogen) atoms. The molecule has 0 radical (unpaired) electrons. The Morgan fingerprint density at radius 3 is 2.54 bits per heavy atom. The van der Waals surface area contributed by atoms with E-state index in [9.17, 15) is 14.4 Å². The number of nitrogens with one attached hydrogen (secondary N) is 1. The molecule has 140 valence electrons. The molecule has 0 aliphatic carbocycles. The van der Waals surface area contributed by atoms with Gasteiger partial charge in [-0.25, -0.2) is 9.59 Å². The number of fused-ring (bicyclic) bond motifs is 1. The number of rotatable bonds is 7. The Labute approximate surface area is 150 Å². The van der Waals surface area contributed by atoms with Crippen molar-refractivity contribution in [3.63, 3.8) is 0 Å². The van der Waals surface area contributed by atoms with E-state index in [0.29, 0.717) is 17.8 Å². The van der Waals surface area contributed by atoms with Crippen LogP contribution in [0.5, 0.6) is 0 Å². The predicted molar refractivity (Wildman–Crippen MR) is 93.3 cm³/mol. The van der Waals surface area contributed by atoms with Gasteiger partial charge in [0.2, 0.25) is 5.76 Å². The number of hydrogen-bond donors (Lipinski definition) is 2. The van der Waals surface area contributed by atoms with Gasteiger partial charge < -0.3 is 19.6 Å². The number of imide groups is 1. The van der Waals surface area contributed by atoms with Crippen LogP contribution in [0.3, 0.4) is 0 Å². The van der Waals surface area contributed by atoms with Gasteiger partial charge in [-0.15, -0.1) is 0 Å². The quantitative estimate of drug-likeness (QED) is 0.729. The van der Waals surface area contributed by atoms with Crippen molar-refractivity contribution in [3.05, 3.63) is 35.6 Å². The van der Waals surface area contributed by atoms with E-state index >= 15 is 0 Å². The number of esters is 1. The molecule has 0 spiro atoms. The summed E-state index contributed by atoms with van der Waals surface area (Å²) in [5, 5.41) is 2.66. The van der Waals surface area contributed by atoms with Gasteiger partial charge in [0.1, 0.15) is 5.58 Å². The summed E-state index contributed by atoms with van der Waals surface area (Å²) in [5.41, 5.74) is 6.01. The second-order valence-electron chi connectivity index (χ2n) is 5.97. The predicted octanol–water partition coefficient (Wildman–Crippen LogP) is 2.35. The van der Waals surface area contributed by atoms with E-state index in [2.05, 4.69) is 0 Å². The van der Waals surface area contributed by atoms with Crippen molar-refractivity contribution >= 4 is 28.9 Å². The van der Waals surface area contributed by atoms with Crippen LogP contribution in [0.1, 0.15) is 36.9 Å². The number of nitrogens with two attached hydrogens (primary N) is 1. The molecule has 8 heteroatoms. The lowest BCUT2D eigenvalue weighted by Gasteiger charge is -2.19. The third-order valence-corrected chi connectivity index (χ3v) is 3.68. The number of ether oxygens (including phenoxy) is 2. The zero-order valence-electron chi connectivity index (χ0n) is 14.9. The zero-order chi connectivity index (χ0) is 19.3. The molecule has 0 fully saturated rings. The summed E-state index contributed by atoms with van der Waals surface area (Å²) in [7, 11) is 0. The molecule has 1 atom stereocenters. The van der Waals surface area contributed by atoms with Crippen molar-refractivity contribution in [2.75, 3.05) is 6.61 Å². The second kappa shape index (κ2) is 8.48. The van der Waals surface area contributed by atoms with Crippen molar-refractivity contribution in [1.29, 1.82) is 0 Å². The van der Waals surface area contributed by atoms with E-state index in [-0.39, 0.29) is 18.3 Å². The molecule has 2 rings (SSSR count). The van der Waals surface area contributed by atoms with Crippen LogP contribution in [0, 0.1) is 5.92 Å². The smallest absolute Gasteiger partial charge is 0.375 e. The highest BCUT2D eigenvalue weighted by atomic mass is 16.6. The van der Waals surface area contributed by atoms with Crippen LogP contribution in [0.2, 0.25) is 0 Å².